The Bertz CT molecular complexity index is 1720. The predicted octanol–water partition coefficient (Wildman–Crippen LogP) is 23.3. The first kappa shape index (κ1) is 76.5. The molecule has 0 heterocycles. The highest BCUT2D eigenvalue weighted by atomic mass is 16.6. The number of ether oxygens (including phenoxy) is 3. The summed E-state index contributed by atoms with van der Waals surface area (Å²) in [5.74, 6) is -0.950. The lowest BCUT2D eigenvalue weighted by atomic mass is 10.0. The van der Waals surface area contributed by atoms with E-state index in [1.807, 2.05) is 0 Å². The van der Waals surface area contributed by atoms with Gasteiger partial charge >= 0.3 is 17.9 Å². The molecule has 1 unspecified atom stereocenters. The molecular formula is C75H124O6. The number of allylic oxidation sites excluding steroid dienone is 22. The topological polar surface area (TPSA) is 78.9 Å². The maximum Gasteiger partial charge on any atom is 0.306 e. The molecule has 0 aliphatic carbocycles. The Morgan fingerprint density at radius 2 is 0.481 bits per heavy atom. The van der Waals surface area contributed by atoms with Crippen molar-refractivity contribution >= 4 is 17.9 Å². The molecule has 0 aliphatic heterocycles. The normalized spacial score (nSPS) is 13.0. The van der Waals surface area contributed by atoms with Gasteiger partial charge in [0, 0.05) is 19.3 Å². The molecule has 0 fully saturated rings. The summed E-state index contributed by atoms with van der Waals surface area (Å²) in [6, 6.07) is 0. The summed E-state index contributed by atoms with van der Waals surface area (Å²) in [6.07, 6.45) is 96.0. The minimum absolute atomic E-state index is 0.0986. The first-order chi connectivity index (χ1) is 40.0. The second-order valence-electron chi connectivity index (χ2n) is 22.0. The molecule has 0 amide bonds. The Hall–Kier alpha value is -4.45. The second-order valence-corrected chi connectivity index (χ2v) is 22.0. The molecule has 1 atom stereocenters. The van der Waals surface area contributed by atoms with Crippen LogP contribution in [-0.4, -0.2) is 37.2 Å². The van der Waals surface area contributed by atoms with E-state index in [0.29, 0.717) is 25.7 Å². The van der Waals surface area contributed by atoms with Gasteiger partial charge in [-0.3, -0.25) is 14.4 Å². The summed E-state index contributed by atoms with van der Waals surface area (Å²) in [5.41, 5.74) is 0. The first-order valence-corrected chi connectivity index (χ1v) is 33.7. The summed E-state index contributed by atoms with van der Waals surface area (Å²) in [5, 5.41) is 0. The van der Waals surface area contributed by atoms with E-state index in [-0.39, 0.29) is 31.1 Å². The van der Waals surface area contributed by atoms with Gasteiger partial charge in [0.05, 0.1) is 0 Å². The average molecular weight is 1120 g/mol. The van der Waals surface area contributed by atoms with Crippen LogP contribution in [0.15, 0.2) is 134 Å². The summed E-state index contributed by atoms with van der Waals surface area (Å²) >= 11 is 0. The van der Waals surface area contributed by atoms with Crippen molar-refractivity contribution in [1.29, 1.82) is 0 Å². The van der Waals surface area contributed by atoms with Crippen molar-refractivity contribution < 1.29 is 28.6 Å². The maximum atomic E-state index is 12.9. The minimum Gasteiger partial charge on any atom is -0.462 e. The molecule has 0 radical (unpaired) electrons. The molecule has 0 saturated carbocycles. The van der Waals surface area contributed by atoms with Crippen LogP contribution < -0.4 is 0 Å². The van der Waals surface area contributed by atoms with Crippen LogP contribution in [0.4, 0.5) is 0 Å². The fourth-order valence-corrected chi connectivity index (χ4v) is 9.11. The van der Waals surface area contributed by atoms with E-state index in [1.54, 1.807) is 0 Å². The molecule has 0 aliphatic rings. The molecule has 0 aromatic carbocycles. The van der Waals surface area contributed by atoms with Gasteiger partial charge in [-0.25, -0.2) is 0 Å². The number of hydrogen-bond donors (Lipinski definition) is 0. The third-order valence-electron chi connectivity index (χ3n) is 14.1. The standard InChI is InChI=1S/C75H124O6/c1-4-7-10-13-16-19-22-25-28-30-32-34-35-36-37-38-39-41-42-44-47-50-53-56-59-62-65-68-74(77)80-71-72(70-79-73(76)67-64-61-58-55-52-49-46-27-24-21-18-15-12-9-6-3)81-75(78)69-66-63-60-57-54-51-48-45-43-40-33-31-29-26-23-20-17-14-11-8-5-2/h7,10,16,19,23,25-26,28,31-34,36-37,39,41,43-45,47,53,56,72H,4-6,8-9,11-15,17-18,20-22,24,27,29-30,35,38,40,42,46,48-52,54-55,57-71H2,1-3H3/b10-7-,19-16-,26-23-,28-25-,33-31-,34-32-,37-36-,41-39-,45-43-,47-44-,56-53-. The van der Waals surface area contributed by atoms with Gasteiger partial charge in [-0.1, -0.05) is 296 Å². The Morgan fingerprint density at radius 3 is 0.778 bits per heavy atom. The van der Waals surface area contributed by atoms with Gasteiger partial charge in [-0.2, -0.15) is 0 Å². The Kier molecular flexibility index (Phi) is 64.3. The van der Waals surface area contributed by atoms with E-state index in [1.165, 1.54) is 128 Å². The number of carbonyl (C=O) groups is 3. The summed E-state index contributed by atoms with van der Waals surface area (Å²) in [4.78, 5) is 38.4. The van der Waals surface area contributed by atoms with E-state index in [9.17, 15) is 14.4 Å². The number of hydrogen-bond acceptors (Lipinski definition) is 6. The van der Waals surface area contributed by atoms with Gasteiger partial charge in [0.1, 0.15) is 13.2 Å². The van der Waals surface area contributed by atoms with Gasteiger partial charge in [0.2, 0.25) is 0 Å². The molecule has 0 aromatic heterocycles. The second kappa shape index (κ2) is 68.1. The lowest BCUT2D eigenvalue weighted by Gasteiger charge is -2.18. The van der Waals surface area contributed by atoms with Crippen LogP contribution in [0.2, 0.25) is 0 Å². The molecule has 0 N–H and O–H groups in total. The molecule has 460 valence electrons. The lowest BCUT2D eigenvalue weighted by molar-refractivity contribution is -0.167. The highest BCUT2D eigenvalue weighted by Gasteiger charge is 2.19. The van der Waals surface area contributed by atoms with E-state index >= 15 is 0 Å². The highest BCUT2D eigenvalue weighted by Crippen LogP contribution is 2.16. The third kappa shape index (κ3) is 66.2. The molecule has 0 spiro atoms. The van der Waals surface area contributed by atoms with E-state index in [2.05, 4.69) is 154 Å². The van der Waals surface area contributed by atoms with Crippen LogP contribution in [0.1, 0.15) is 303 Å². The lowest BCUT2D eigenvalue weighted by Crippen LogP contribution is -2.30. The van der Waals surface area contributed by atoms with Crippen LogP contribution in [0, 0.1) is 0 Å². The van der Waals surface area contributed by atoms with Crippen molar-refractivity contribution in [3.63, 3.8) is 0 Å². The Morgan fingerprint density at radius 1 is 0.259 bits per heavy atom. The van der Waals surface area contributed by atoms with E-state index < -0.39 is 6.10 Å². The van der Waals surface area contributed by atoms with Crippen molar-refractivity contribution in [2.24, 2.45) is 0 Å². The number of carbonyl (C=O) groups excluding carboxylic acids is 3. The van der Waals surface area contributed by atoms with Crippen LogP contribution >= 0.6 is 0 Å². The molecule has 6 heteroatoms. The van der Waals surface area contributed by atoms with Gasteiger partial charge in [0.15, 0.2) is 6.10 Å². The number of unbranched alkanes of at least 4 members (excludes halogenated alkanes) is 27. The van der Waals surface area contributed by atoms with Crippen LogP contribution in [0.3, 0.4) is 0 Å². The van der Waals surface area contributed by atoms with Gasteiger partial charge in [-0.05, 0) is 122 Å². The monoisotopic (exact) mass is 1120 g/mol. The summed E-state index contributed by atoms with van der Waals surface area (Å²) in [7, 11) is 0. The first-order valence-electron chi connectivity index (χ1n) is 33.7. The fraction of sp³-hybridized carbons (Fsp3) is 0.667. The van der Waals surface area contributed by atoms with Crippen molar-refractivity contribution in [2.45, 2.75) is 309 Å². The van der Waals surface area contributed by atoms with Crippen molar-refractivity contribution in [3.05, 3.63) is 134 Å². The SMILES string of the molecule is CC/C=C\C/C=C\C/C=C\C/C=C\C/C=C\C/C=C\C/C=C\C/C=C\CCCCC(=O)OCC(COC(=O)CCCCCCCCCCCCCCCCC)OC(=O)CCCCCCCC/C=C\C/C=C\C/C=C\CCCCCCC. The van der Waals surface area contributed by atoms with Gasteiger partial charge in [-0.15, -0.1) is 0 Å². The number of esters is 3. The van der Waals surface area contributed by atoms with E-state index in [0.717, 1.165) is 128 Å². The van der Waals surface area contributed by atoms with Crippen molar-refractivity contribution in [1.82, 2.24) is 0 Å². The maximum absolute atomic E-state index is 12.9. The number of rotatable bonds is 60. The van der Waals surface area contributed by atoms with Crippen molar-refractivity contribution in [3.8, 4) is 0 Å². The zero-order chi connectivity index (χ0) is 58.5. The summed E-state index contributed by atoms with van der Waals surface area (Å²) in [6.45, 7) is 6.49. The molecule has 0 aromatic rings. The molecular weight excluding hydrogens is 997 g/mol. The third-order valence-corrected chi connectivity index (χ3v) is 14.1. The largest absolute Gasteiger partial charge is 0.462 e. The Labute approximate surface area is 500 Å². The fourth-order valence-electron chi connectivity index (χ4n) is 9.11. The zero-order valence-electron chi connectivity index (χ0n) is 52.8. The van der Waals surface area contributed by atoms with Crippen LogP contribution in [0.25, 0.3) is 0 Å². The Balaban J connectivity index is 4.48. The summed E-state index contributed by atoms with van der Waals surface area (Å²) < 4.78 is 16.9. The smallest absolute Gasteiger partial charge is 0.306 e. The quantitative estimate of drug-likeness (QED) is 0.0261. The van der Waals surface area contributed by atoms with Crippen LogP contribution in [0.5, 0.6) is 0 Å². The molecule has 0 saturated heterocycles. The minimum atomic E-state index is -0.808. The van der Waals surface area contributed by atoms with Gasteiger partial charge < -0.3 is 14.2 Å². The van der Waals surface area contributed by atoms with Crippen LogP contribution in [-0.2, 0) is 28.6 Å². The highest BCUT2D eigenvalue weighted by molar-refractivity contribution is 5.71. The van der Waals surface area contributed by atoms with Gasteiger partial charge in [0.25, 0.3) is 0 Å². The van der Waals surface area contributed by atoms with Crippen molar-refractivity contribution in [2.75, 3.05) is 13.2 Å². The zero-order valence-corrected chi connectivity index (χ0v) is 52.8. The predicted molar refractivity (Wildman–Crippen MR) is 353 cm³/mol. The molecule has 0 rings (SSSR count). The molecule has 6 nitrogen and oxygen atoms in total. The molecule has 81 heavy (non-hydrogen) atoms. The molecule has 0 bridgehead atoms. The van der Waals surface area contributed by atoms with E-state index in [4.69, 9.17) is 14.2 Å². The average Bonchev–Trinajstić information content (AvgIpc) is 3.47.